The molecule has 0 unspecified atom stereocenters. The zero-order chi connectivity index (χ0) is 14.3. The van der Waals surface area contributed by atoms with Gasteiger partial charge in [-0.05, 0) is 18.6 Å². The molecule has 0 aliphatic heterocycles. The third-order valence-electron chi connectivity index (χ3n) is 3.46. The van der Waals surface area contributed by atoms with E-state index in [2.05, 4.69) is 61.4 Å². The maximum atomic E-state index is 6.11. The van der Waals surface area contributed by atoms with E-state index in [1.807, 2.05) is 10.5 Å². The number of fused-ring (bicyclic) bond motifs is 1. The first-order chi connectivity index (χ1) is 9.56. The van der Waals surface area contributed by atoms with Gasteiger partial charge in [-0.15, -0.1) is 10.2 Å². The predicted octanol–water partition coefficient (Wildman–Crippen LogP) is 3.41. The Bertz CT molecular complexity index is 754. The zero-order valence-corrected chi connectivity index (χ0v) is 12.0. The fourth-order valence-corrected chi connectivity index (χ4v) is 2.33. The van der Waals surface area contributed by atoms with Crippen molar-refractivity contribution in [2.24, 2.45) is 0 Å². The van der Waals surface area contributed by atoms with Crippen molar-refractivity contribution in [3.05, 3.63) is 47.9 Å². The Morgan fingerprint density at radius 2 is 1.75 bits per heavy atom. The Morgan fingerprint density at radius 3 is 2.40 bits per heavy atom. The van der Waals surface area contributed by atoms with Gasteiger partial charge in [-0.25, -0.2) is 0 Å². The van der Waals surface area contributed by atoms with Crippen LogP contribution in [0.5, 0.6) is 0 Å². The van der Waals surface area contributed by atoms with Crippen molar-refractivity contribution in [2.75, 3.05) is 5.73 Å². The van der Waals surface area contributed by atoms with Gasteiger partial charge < -0.3 is 5.73 Å². The summed E-state index contributed by atoms with van der Waals surface area (Å²) in [4.78, 5) is 0. The summed E-state index contributed by atoms with van der Waals surface area (Å²) < 4.78 is 2.00. The predicted molar refractivity (Wildman–Crippen MR) is 81.7 cm³/mol. The highest BCUT2D eigenvalue weighted by Crippen LogP contribution is 2.26. The SMILES string of the molecule is Cc1ccc(-c2cc(N)c3nnc(C(C)C)n3c2)cc1. The van der Waals surface area contributed by atoms with Crippen molar-refractivity contribution in [1.29, 1.82) is 0 Å². The van der Waals surface area contributed by atoms with Gasteiger partial charge in [-0.1, -0.05) is 43.7 Å². The average Bonchev–Trinajstić information content (AvgIpc) is 2.84. The monoisotopic (exact) mass is 266 g/mol. The van der Waals surface area contributed by atoms with E-state index in [9.17, 15) is 0 Å². The molecule has 2 N–H and O–H groups in total. The fourth-order valence-electron chi connectivity index (χ4n) is 2.33. The van der Waals surface area contributed by atoms with Gasteiger partial charge in [0.25, 0.3) is 0 Å². The lowest BCUT2D eigenvalue weighted by molar-refractivity contribution is 0.759. The molecule has 3 aromatic rings. The summed E-state index contributed by atoms with van der Waals surface area (Å²) in [6.45, 7) is 6.29. The van der Waals surface area contributed by atoms with Crippen LogP contribution in [0.15, 0.2) is 36.5 Å². The molecule has 0 bridgehead atoms. The molecule has 2 aromatic heterocycles. The van der Waals surface area contributed by atoms with Crippen molar-refractivity contribution in [3.63, 3.8) is 0 Å². The van der Waals surface area contributed by atoms with Crippen molar-refractivity contribution in [1.82, 2.24) is 14.6 Å². The number of aromatic nitrogens is 3. The van der Waals surface area contributed by atoms with Crippen molar-refractivity contribution in [2.45, 2.75) is 26.7 Å². The van der Waals surface area contributed by atoms with Crippen molar-refractivity contribution < 1.29 is 0 Å². The molecule has 3 rings (SSSR count). The third-order valence-corrected chi connectivity index (χ3v) is 3.46. The molecule has 0 aliphatic rings. The lowest BCUT2D eigenvalue weighted by Crippen LogP contribution is -1.99. The van der Waals surface area contributed by atoms with E-state index in [1.165, 1.54) is 5.56 Å². The van der Waals surface area contributed by atoms with E-state index >= 15 is 0 Å². The second-order valence-electron chi connectivity index (χ2n) is 5.46. The molecule has 2 heterocycles. The number of aryl methyl sites for hydroxylation is 1. The molecular weight excluding hydrogens is 248 g/mol. The summed E-state index contributed by atoms with van der Waals surface area (Å²) in [5, 5.41) is 8.41. The summed E-state index contributed by atoms with van der Waals surface area (Å²) in [6, 6.07) is 10.4. The van der Waals surface area contributed by atoms with Gasteiger partial charge in [0, 0.05) is 17.7 Å². The van der Waals surface area contributed by atoms with E-state index in [-0.39, 0.29) is 0 Å². The third kappa shape index (κ3) is 2.03. The molecule has 4 heteroatoms. The number of nitrogen functional groups attached to an aromatic ring is 1. The van der Waals surface area contributed by atoms with Crippen LogP contribution < -0.4 is 5.73 Å². The Labute approximate surface area is 118 Å². The topological polar surface area (TPSA) is 56.2 Å². The number of rotatable bonds is 2. The molecule has 0 radical (unpaired) electrons. The number of hydrogen-bond acceptors (Lipinski definition) is 3. The second-order valence-corrected chi connectivity index (χ2v) is 5.46. The molecule has 0 saturated carbocycles. The van der Waals surface area contributed by atoms with E-state index < -0.39 is 0 Å². The van der Waals surface area contributed by atoms with Crippen LogP contribution in [0, 0.1) is 6.92 Å². The van der Waals surface area contributed by atoms with Crippen molar-refractivity contribution >= 4 is 11.3 Å². The highest BCUT2D eigenvalue weighted by atomic mass is 15.3. The molecule has 1 aromatic carbocycles. The minimum atomic E-state index is 0.303. The Morgan fingerprint density at radius 1 is 1.05 bits per heavy atom. The molecule has 0 saturated heterocycles. The lowest BCUT2D eigenvalue weighted by atomic mass is 10.1. The van der Waals surface area contributed by atoms with E-state index in [0.717, 1.165) is 22.6 Å². The summed E-state index contributed by atoms with van der Waals surface area (Å²) in [5.74, 6) is 1.23. The smallest absolute Gasteiger partial charge is 0.184 e. The largest absolute Gasteiger partial charge is 0.396 e. The highest BCUT2D eigenvalue weighted by Gasteiger charge is 2.12. The van der Waals surface area contributed by atoms with Crippen LogP contribution in [-0.2, 0) is 0 Å². The standard InChI is InChI=1S/C16H18N4/c1-10(2)15-18-19-16-14(17)8-13(9-20(15)16)12-6-4-11(3)5-7-12/h4-10H,17H2,1-3H3. The van der Waals surface area contributed by atoms with E-state index in [0.29, 0.717) is 11.6 Å². The second kappa shape index (κ2) is 4.63. The highest BCUT2D eigenvalue weighted by molar-refractivity contribution is 5.74. The number of pyridine rings is 1. The van der Waals surface area contributed by atoms with Crippen LogP contribution in [-0.4, -0.2) is 14.6 Å². The summed E-state index contributed by atoms with van der Waals surface area (Å²) >= 11 is 0. The summed E-state index contributed by atoms with van der Waals surface area (Å²) in [5.41, 5.74) is 11.0. The van der Waals surface area contributed by atoms with Gasteiger partial charge in [0.05, 0.1) is 5.69 Å². The van der Waals surface area contributed by atoms with Crippen LogP contribution in [0.1, 0.15) is 31.2 Å². The molecule has 0 fully saturated rings. The molecule has 0 aliphatic carbocycles. The summed E-state index contributed by atoms with van der Waals surface area (Å²) in [6.07, 6.45) is 2.06. The quantitative estimate of drug-likeness (QED) is 0.773. The fraction of sp³-hybridized carbons (Fsp3) is 0.250. The maximum absolute atomic E-state index is 6.11. The molecular formula is C16H18N4. The van der Waals surface area contributed by atoms with Crippen LogP contribution in [0.2, 0.25) is 0 Å². The molecule has 102 valence electrons. The van der Waals surface area contributed by atoms with Gasteiger partial charge in [0.15, 0.2) is 5.65 Å². The van der Waals surface area contributed by atoms with Crippen LogP contribution in [0.25, 0.3) is 16.8 Å². The lowest BCUT2D eigenvalue weighted by Gasteiger charge is -2.08. The molecule has 20 heavy (non-hydrogen) atoms. The van der Waals surface area contributed by atoms with Crippen LogP contribution in [0.3, 0.4) is 0 Å². The Kier molecular flexibility index (Phi) is 2.93. The zero-order valence-electron chi connectivity index (χ0n) is 12.0. The number of anilines is 1. The minimum absolute atomic E-state index is 0.303. The first kappa shape index (κ1) is 12.7. The van der Waals surface area contributed by atoms with Crippen LogP contribution in [0.4, 0.5) is 5.69 Å². The molecule has 0 amide bonds. The molecule has 4 nitrogen and oxygen atoms in total. The first-order valence-corrected chi connectivity index (χ1v) is 6.77. The first-order valence-electron chi connectivity index (χ1n) is 6.77. The van der Waals surface area contributed by atoms with Gasteiger partial charge in [-0.3, -0.25) is 4.40 Å². The number of nitrogens with zero attached hydrogens (tertiary/aromatic N) is 3. The number of hydrogen-bond donors (Lipinski definition) is 1. The van der Waals surface area contributed by atoms with Gasteiger partial charge in [0.2, 0.25) is 0 Å². The summed E-state index contributed by atoms with van der Waals surface area (Å²) in [7, 11) is 0. The Hall–Kier alpha value is -2.36. The van der Waals surface area contributed by atoms with Gasteiger partial charge in [-0.2, -0.15) is 0 Å². The maximum Gasteiger partial charge on any atom is 0.184 e. The van der Waals surface area contributed by atoms with Gasteiger partial charge in [0.1, 0.15) is 5.82 Å². The van der Waals surface area contributed by atoms with Gasteiger partial charge >= 0.3 is 0 Å². The number of nitrogens with two attached hydrogens (primary N) is 1. The van der Waals surface area contributed by atoms with Crippen LogP contribution >= 0.6 is 0 Å². The minimum Gasteiger partial charge on any atom is -0.396 e. The molecule has 0 spiro atoms. The normalized spacial score (nSPS) is 11.4. The van der Waals surface area contributed by atoms with Crippen molar-refractivity contribution in [3.8, 4) is 11.1 Å². The number of benzene rings is 1. The van der Waals surface area contributed by atoms with E-state index in [1.54, 1.807) is 0 Å². The average molecular weight is 266 g/mol. The Balaban J connectivity index is 2.22. The molecule has 0 atom stereocenters. The van der Waals surface area contributed by atoms with E-state index in [4.69, 9.17) is 5.73 Å².